The van der Waals surface area contributed by atoms with E-state index in [9.17, 15) is 4.79 Å². The highest BCUT2D eigenvalue weighted by molar-refractivity contribution is 5.79. The van der Waals surface area contributed by atoms with E-state index in [1.807, 2.05) is 4.90 Å². The Balaban J connectivity index is 2.01. The predicted octanol–water partition coefficient (Wildman–Crippen LogP) is 2.96. The SMILES string of the molecule is CC(C)CC1(CN2CC(C#N)CC2=O)CCCC1. The lowest BCUT2D eigenvalue weighted by Gasteiger charge is -2.35. The summed E-state index contributed by atoms with van der Waals surface area (Å²) in [7, 11) is 0. The van der Waals surface area contributed by atoms with Gasteiger partial charge in [0, 0.05) is 19.5 Å². The molecule has 0 aromatic rings. The summed E-state index contributed by atoms with van der Waals surface area (Å²) in [5.41, 5.74) is 0.341. The Morgan fingerprint density at radius 3 is 2.61 bits per heavy atom. The second kappa shape index (κ2) is 5.30. The Kier molecular flexibility index (Phi) is 3.94. The third-order valence-electron chi connectivity index (χ3n) is 4.43. The van der Waals surface area contributed by atoms with Gasteiger partial charge in [0.05, 0.1) is 12.0 Å². The minimum atomic E-state index is -0.0741. The van der Waals surface area contributed by atoms with E-state index in [0.717, 1.165) is 6.54 Å². The highest BCUT2D eigenvalue weighted by Gasteiger charge is 2.40. The van der Waals surface area contributed by atoms with Gasteiger partial charge in [0.15, 0.2) is 0 Å². The Morgan fingerprint density at radius 1 is 1.44 bits per heavy atom. The maximum Gasteiger partial charge on any atom is 0.224 e. The Labute approximate surface area is 110 Å². The maximum atomic E-state index is 11.9. The molecule has 2 fully saturated rings. The van der Waals surface area contributed by atoms with Crippen molar-refractivity contribution in [2.24, 2.45) is 17.3 Å². The van der Waals surface area contributed by atoms with Crippen molar-refractivity contribution in [3.63, 3.8) is 0 Å². The molecule has 1 amide bonds. The van der Waals surface area contributed by atoms with Crippen LogP contribution >= 0.6 is 0 Å². The highest BCUT2D eigenvalue weighted by Crippen LogP contribution is 2.44. The topological polar surface area (TPSA) is 44.1 Å². The van der Waals surface area contributed by atoms with Gasteiger partial charge in [0.2, 0.25) is 5.91 Å². The van der Waals surface area contributed by atoms with Gasteiger partial charge in [-0.3, -0.25) is 4.79 Å². The number of carbonyl (C=O) groups excluding carboxylic acids is 1. The van der Waals surface area contributed by atoms with Gasteiger partial charge in [-0.1, -0.05) is 26.7 Å². The Morgan fingerprint density at radius 2 is 2.11 bits per heavy atom. The lowest BCUT2D eigenvalue weighted by atomic mass is 9.78. The summed E-state index contributed by atoms with van der Waals surface area (Å²) in [4.78, 5) is 13.9. The van der Waals surface area contributed by atoms with E-state index in [1.54, 1.807) is 0 Å². The van der Waals surface area contributed by atoms with Crippen molar-refractivity contribution in [1.82, 2.24) is 4.90 Å². The second-order valence-electron chi connectivity index (χ2n) is 6.61. The van der Waals surface area contributed by atoms with Crippen LogP contribution in [0.3, 0.4) is 0 Å². The lowest BCUT2D eigenvalue weighted by Crippen LogP contribution is -2.38. The predicted molar refractivity (Wildman–Crippen MR) is 70.7 cm³/mol. The third-order valence-corrected chi connectivity index (χ3v) is 4.43. The van der Waals surface area contributed by atoms with Crippen LogP contribution < -0.4 is 0 Å². The molecule has 0 spiro atoms. The Hall–Kier alpha value is -1.04. The summed E-state index contributed by atoms with van der Waals surface area (Å²) >= 11 is 0. The molecule has 1 saturated carbocycles. The van der Waals surface area contributed by atoms with Crippen molar-refractivity contribution in [2.45, 2.75) is 52.4 Å². The monoisotopic (exact) mass is 248 g/mol. The second-order valence-corrected chi connectivity index (χ2v) is 6.61. The number of amides is 1. The first-order chi connectivity index (χ1) is 8.54. The number of likely N-dealkylation sites (tertiary alicyclic amines) is 1. The van der Waals surface area contributed by atoms with E-state index < -0.39 is 0 Å². The van der Waals surface area contributed by atoms with E-state index in [-0.39, 0.29) is 11.8 Å². The first kappa shape index (κ1) is 13.4. The zero-order valence-corrected chi connectivity index (χ0v) is 11.6. The van der Waals surface area contributed by atoms with Crippen LogP contribution in [0, 0.1) is 28.6 Å². The standard InChI is InChI=1S/C15H24N2O/c1-12(2)8-15(5-3-4-6-15)11-17-10-13(9-16)7-14(17)18/h12-13H,3-8,10-11H2,1-2H3. The van der Waals surface area contributed by atoms with E-state index in [0.29, 0.717) is 24.3 Å². The molecule has 0 aromatic carbocycles. The molecule has 0 aromatic heterocycles. The van der Waals surface area contributed by atoms with Crippen LogP contribution in [0.2, 0.25) is 0 Å². The number of rotatable bonds is 4. The van der Waals surface area contributed by atoms with Crippen molar-refractivity contribution < 1.29 is 4.79 Å². The van der Waals surface area contributed by atoms with Gasteiger partial charge in [-0.15, -0.1) is 0 Å². The van der Waals surface area contributed by atoms with Gasteiger partial charge in [-0.05, 0) is 30.6 Å². The van der Waals surface area contributed by atoms with Gasteiger partial charge >= 0.3 is 0 Å². The molecule has 100 valence electrons. The highest BCUT2D eigenvalue weighted by atomic mass is 16.2. The summed E-state index contributed by atoms with van der Waals surface area (Å²) in [6, 6.07) is 2.24. The molecule has 0 N–H and O–H groups in total. The number of nitriles is 1. The maximum absolute atomic E-state index is 11.9. The number of hydrogen-bond donors (Lipinski definition) is 0. The molecule has 0 radical (unpaired) electrons. The molecule has 3 nitrogen and oxygen atoms in total. The van der Waals surface area contributed by atoms with Crippen LogP contribution in [-0.2, 0) is 4.79 Å². The van der Waals surface area contributed by atoms with Crippen molar-refractivity contribution in [3.05, 3.63) is 0 Å². The number of carbonyl (C=O) groups is 1. The molecule has 1 aliphatic heterocycles. The average molecular weight is 248 g/mol. The molecule has 1 unspecified atom stereocenters. The van der Waals surface area contributed by atoms with E-state index >= 15 is 0 Å². The number of hydrogen-bond acceptors (Lipinski definition) is 2. The first-order valence-corrected chi connectivity index (χ1v) is 7.22. The molecular formula is C15H24N2O. The largest absolute Gasteiger partial charge is 0.341 e. The van der Waals surface area contributed by atoms with E-state index in [2.05, 4.69) is 19.9 Å². The van der Waals surface area contributed by atoms with Gasteiger partial charge in [-0.2, -0.15) is 5.26 Å². The summed E-state index contributed by atoms with van der Waals surface area (Å²) < 4.78 is 0. The summed E-state index contributed by atoms with van der Waals surface area (Å²) in [6.07, 6.45) is 6.77. The van der Waals surface area contributed by atoms with Gasteiger partial charge in [0.25, 0.3) is 0 Å². The quantitative estimate of drug-likeness (QED) is 0.767. The fourth-order valence-corrected chi connectivity index (χ4v) is 3.83. The smallest absolute Gasteiger partial charge is 0.224 e. The third kappa shape index (κ3) is 2.85. The number of nitrogens with zero attached hydrogens (tertiary/aromatic N) is 2. The molecule has 1 heterocycles. The van der Waals surface area contributed by atoms with E-state index in [1.165, 1.54) is 32.1 Å². The minimum absolute atomic E-state index is 0.0741. The van der Waals surface area contributed by atoms with Gasteiger partial charge < -0.3 is 4.90 Å². The average Bonchev–Trinajstić information content (AvgIpc) is 2.87. The molecule has 1 atom stereocenters. The van der Waals surface area contributed by atoms with Gasteiger partial charge in [0.1, 0.15) is 0 Å². The fraction of sp³-hybridized carbons (Fsp3) is 0.867. The molecule has 18 heavy (non-hydrogen) atoms. The molecule has 2 aliphatic rings. The van der Waals surface area contributed by atoms with Gasteiger partial charge in [-0.25, -0.2) is 0 Å². The zero-order valence-electron chi connectivity index (χ0n) is 11.6. The molecule has 3 heteroatoms. The van der Waals surface area contributed by atoms with Crippen LogP contribution in [0.15, 0.2) is 0 Å². The zero-order chi connectivity index (χ0) is 13.2. The summed E-state index contributed by atoms with van der Waals surface area (Å²) in [5, 5.41) is 8.94. The minimum Gasteiger partial charge on any atom is -0.341 e. The Bertz CT molecular complexity index is 350. The van der Waals surface area contributed by atoms with Crippen LogP contribution in [0.25, 0.3) is 0 Å². The van der Waals surface area contributed by atoms with Crippen molar-refractivity contribution in [2.75, 3.05) is 13.1 Å². The first-order valence-electron chi connectivity index (χ1n) is 7.22. The lowest BCUT2D eigenvalue weighted by molar-refractivity contribution is -0.129. The van der Waals surface area contributed by atoms with E-state index in [4.69, 9.17) is 5.26 Å². The molecule has 1 saturated heterocycles. The normalized spacial score (nSPS) is 26.9. The van der Waals surface area contributed by atoms with Crippen LogP contribution in [0.1, 0.15) is 52.4 Å². The van der Waals surface area contributed by atoms with Crippen molar-refractivity contribution in [1.29, 1.82) is 5.26 Å². The molecule has 1 aliphatic carbocycles. The van der Waals surface area contributed by atoms with Crippen molar-refractivity contribution in [3.8, 4) is 6.07 Å². The summed E-state index contributed by atoms with van der Waals surface area (Å²) in [5.74, 6) is 0.805. The van der Waals surface area contributed by atoms with Crippen molar-refractivity contribution >= 4 is 5.91 Å². The molecule has 2 rings (SSSR count). The van der Waals surface area contributed by atoms with Crippen LogP contribution in [-0.4, -0.2) is 23.9 Å². The van der Waals surface area contributed by atoms with Crippen LogP contribution in [0.4, 0.5) is 0 Å². The van der Waals surface area contributed by atoms with Crippen LogP contribution in [0.5, 0.6) is 0 Å². The summed E-state index contributed by atoms with van der Waals surface area (Å²) in [6.45, 7) is 6.09. The molecule has 0 bridgehead atoms. The molecular weight excluding hydrogens is 224 g/mol. The fourth-order valence-electron chi connectivity index (χ4n) is 3.83.